The fraction of sp³-hybridized carbons (Fsp3) is 0.160. The summed E-state index contributed by atoms with van der Waals surface area (Å²) in [4.78, 5) is 23.4. The van der Waals surface area contributed by atoms with Crippen LogP contribution in [0, 0.1) is 0 Å². The molecule has 3 rings (SSSR count). The van der Waals surface area contributed by atoms with Crippen molar-refractivity contribution < 1.29 is 28.9 Å². The summed E-state index contributed by atoms with van der Waals surface area (Å²) in [5.74, 6) is 0.217. The number of carbonyl (C=O) groups is 2. The van der Waals surface area contributed by atoms with Crippen LogP contribution in [0.2, 0.25) is 0 Å². The number of benzene rings is 3. The Hall–Kier alpha value is -4.33. The molecule has 0 aliphatic carbocycles. The largest absolute Gasteiger partial charge is 0.493 e. The zero-order valence-electron chi connectivity index (χ0n) is 18.3. The number of para-hydroxylation sites is 1. The number of nitrogens with zero attached hydrogens (tertiary/aromatic N) is 1. The number of ether oxygens (including phenoxy) is 3. The molecule has 0 fully saturated rings. The molecule has 8 nitrogen and oxygen atoms in total. The van der Waals surface area contributed by atoms with Gasteiger partial charge < -0.3 is 19.3 Å². The second-order valence-corrected chi connectivity index (χ2v) is 6.83. The molecule has 1 amide bonds. The smallest absolute Gasteiger partial charge is 0.335 e. The lowest BCUT2D eigenvalue weighted by atomic mass is 10.1. The fourth-order valence-corrected chi connectivity index (χ4v) is 2.93. The van der Waals surface area contributed by atoms with Gasteiger partial charge in [0.15, 0.2) is 11.5 Å². The normalized spacial score (nSPS) is 10.6. The lowest BCUT2D eigenvalue weighted by Crippen LogP contribution is -2.17. The molecule has 0 bridgehead atoms. The van der Waals surface area contributed by atoms with E-state index in [0.29, 0.717) is 35.0 Å². The number of carboxylic acids is 1. The maximum Gasteiger partial charge on any atom is 0.335 e. The van der Waals surface area contributed by atoms with E-state index in [1.165, 1.54) is 25.5 Å². The molecule has 0 atom stereocenters. The van der Waals surface area contributed by atoms with Crippen LogP contribution in [0.25, 0.3) is 0 Å². The van der Waals surface area contributed by atoms with Gasteiger partial charge in [0, 0.05) is 11.1 Å². The quantitative estimate of drug-likeness (QED) is 0.357. The Balaban J connectivity index is 1.64. The first kappa shape index (κ1) is 23.3. The van der Waals surface area contributed by atoms with Crippen LogP contribution >= 0.6 is 0 Å². The SMILES string of the molecule is CCOc1cc(C(=O)N/N=C/c2ccccc2OCc2ccc(C(=O)O)cc2)ccc1OC. The Morgan fingerprint density at radius 2 is 1.67 bits per heavy atom. The van der Waals surface area contributed by atoms with E-state index in [0.717, 1.165) is 5.56 Å². The molecule has 0 unspecified atom stereocenters. The van der Waals surface area contributed by atoms with Crippen molar-refractivity contribution in [3.8, 4) is 17.2 Å². The Morgan fingerprint density at radius 1 is 0.939 bits per heavy atom. The molecule has 170 valence electrons. The van der Waals surface area contributed by atoms with Crippen LogP contribution in [0.15, 0.2) is 71.8 Å². The van der Waals surface area contributed by atoms with Crippen LogP contribution in [0.3, 0.4) is 0 Å². The molecule has 33 heavy (non-hydrogen) atoms. The van der Waals surface area contributed by atoms with Gasteiger partial charge in [-0.1, -0.05) is 24.3 Å². The minimum absolute atomic E-state index is 0.215. The van der Waals surface area contributed by atoms with Crippen LogP contribution in [0.5, 0.6) is 17.2 Å². The summed E-state index contributed by atoms with van der Waals surface area (Å²) < 4.78 is 16.6. The van der Waals surface area contributed by atoms with Gasteiger partial charge in [0.25, 0.3) is 5.91 Å². The van der Waals surface area contributed by atoms with Crippen LogP contribution in [0.1, 0.15) is 38.8 Å². The summed E-state index contributed by atoms with van der Waals surface area (Å²) in [7, 11) is 1.53. The van der Waals surface area contributed by atoms with Gasteiger partial charge in [-0.2, -0.15) is 5.10 Å². The van der Waals surface area contributed by atoms with Gasteiger partial charge >= 0.3 is 5.97 Å². The molecule has 0 aromatic heterocycles. The highest BCUT2D eigenvalue weighted by molar-refractivity contribution is 5.95. The van der Waals surface area contributed by atoms with E-state index < -0.39 is 11.9 Å². The van der Waals surface area contributed by atoms with E-state index in [1.807, 2.05) is 19.1 Å². The van der Waals surface area contributed by atoms with Crippen LogP contribution in [0.4, 0.5) is 0 Å². The molecule has 0 saturated carbocycles. The van der Waals surface area contributed by atoms with Crippen molar-refractivity contribution in [2.75, 3.05) is 13.7 Å². The zero-order valence-corrected chi connectivity index (χ0v) is 18.3. The van der Waals surface area contributed by atoms with Crippen molar-refractivity contribution in [3.63, 3.8) is 0 Å². The number of carbonyl (C=O) groups excluding carboxylic acids is 1. The van der Waals surface area contributed by atoms with Crippen molar-refractivity contribution in [1.29, 1.82) is 0 Å². The predicted octanol–water partition coefficient (Wildman–Crippen LogP) is 4.14. The highest BCUT2D eigenvalue weighted by Gasteiger charge is 2.11. The van der Waals surface area contributed by atoms with Gasteiger partial charge in [0.1, 0.15) is 12.4 Å². The number of hydrazone groups is 1. The van der Waals surface area contributed by atoms with Crippen molar-refractivity contribution in [2.24, 2.45) is 5.10 Å². The number of methoxy groups -OCH3 is 1. The lowest BCUT2D eigenvalue weighted by molar-refractivity contribution is 0.0696. The van der Waals surface area contributed by atoms with Gasteiger partial charge in [-0.25, -0.2) is 10.2 Å². The Morgan fingerprint density at radius 3 is 2.36 bits per heavy atom. The van der Waals surface area contributed by atoms with E-state index in [2.05, 4.69) is 10.5 Å². The van der Waals surface area contributed by atoms with E-state index in [1.54, 1.807) is 42.5 Å². The van der Waals surface area contributed by atoms with Crippen molar-refractivity contribution in [1.82, 2.24) is 5.43 Å². The second-order valence-electron chi connectivity index (χ2n) is 6.83. The standard InChI is InChI=1S/C25H24N2O6/c1-3-32-23-14-19(12-13-22(23)31-2)24(28)27-26-15-20-6-4-5-7-21(20)33-16-17-8-10-18(11-9-17)25(29)30/h4-15H,3,16H2,1-2H3,(H,27,28)(H,29,30)/b26-15+. The van der Waals surface area contributed by atoms with Crippen LogP contribution < -0.4 is 19.6 Å². The first-order valence-corrected chi connectivity index (χ1v) is 10.2. The molecule has 0 heterocycles. The molecule has 0 spiro atoms. The Bertz CT molecular complexity index is 1140. The topological polar surface area (TPSA) is 106 Å². The molecule has 2 N–H and O–H groups in total. The summed E-state index contributed by atoms with van der Waals surface area (Å²) in [6.45, 7) is 2.55. The maximum atomic E-state index is 12.5. The number of nitrogens with one attached hydrogen (secondary N) is 1. The van der Waals surface area contributed by atoms with Crippen molar-refractivity contribution >= 4 is 18.1 Å². The highest BCUT2D eigenvalue weighted by Crippen LogP contribution is 2.28. The van der Waals surface area contributed by atoms with Gasteiger partial charge in [-0.05, 0) is 55.0 Å². The first-order valence-electron chi connectivity index (χ1n) is 10.2. The van der Waals surface area contributed by atoms with Crippen LogP contribution in [-0.4, -0.2) is 36.9 Å². The van der Waals surface area contributed by atoms with Crippen LogP contribution in [-0.2, 0) is 6.61 Å². The maximum absolute atomic E-state index is 12.5. The first-order chi connectivity index (χ1) is 16.0. The number of aromatic carboxylic acids is 1. The monoisotopic (exact) mass is 448 g/mol. The number of carboxylic acid groups (broad SMARTS) is 1. The van der Waals surface area contributed by atoms with Gasteiger partial charge in [-0.15, -0.1) is 0 Å². The summed E-state index contributed by atoms with van der Waals surface area (Å²) >= 11 is 0. The summed E-state index contributed by atoms with van der Waals surface area (Å²) in [6.07, 6.45) is 1.49. The molecule has 0 radical (unpaired) electrons. The fourth-order valence-electron chi connectivity index (χ4n) is 2.93. The molecular weight excluding hydrogens is 424 g/mol. The highest BCUT2D eigenvalue weighted by atomic mass is 16.5. The molecule has 8 heteroatoms. The van der Waals surface area contributed by atoms with Gasteiger partial charge in [0.2, 0.25) is 0 Å². The minimum atomic E-state index is -0.977. The average Bonchev–Trinajstić information content (AvgIpc) is 2.83. The third-order valence-electron chi connectivity index (χ3n) is 4.61. The zero-order chi connectivity index (χ0) is 23.6. The van der Waals surface area contributed by atoms with E-state index in [-0.39, 0.29) is 12.2 Å². The number of amides is 1. The van der Waals surface area contributed by atoms with E-state index in [9.17, 15) is 9.59 Å². The van der Waals surface area contributed by atoms with Gasteiger partial charge in [-0.3, -0.25) is 4.79 Å². The average molecular weight is 448 g/mol. The lowest BCUT2D eigenvalue weighted by Gasteiger charge is -2.10. The predicted molar refractivity (Wildman–Crippen MR) is 123 cm³/mol. The number of rotatable bonds is 10. The van der Waals surface area contributed by atoms with Crippen molar-refractivity contribution in [2.45, 2.75) is 13.5 Å². The summed E-state index contributed by atoms with van der Waals surface area (Å²) in [5.41, 5.74) is 4.59. The molecule has 3 aromatic carbocycles. The summed E-state index contributed by atoms with van der Waals surface area (Å²) in [6, 6.07) is 18.6. The van der Waals surface area contributed by atoms with E-state index >= 15 is 0 Å². The third-order valence-corrected chi connectivity index (χ3v) is 4.61. The third kappa shape index (κ3) is 6.33. The molecule has 0 aliphatic heterocycles. The minimum Gasteiger partial charge on any atom is -0.493 e. The number of hydrogen-bond acceptors (Lipinski definition) is 6. The second kappa shape index (κ2) is 11.3. The van der Waals surface area contributed by atoms with E-state index in [4.69, 9.17) is 19.3 Å². The molecule has 0 saturated heterocycles. The van der Waals surface area contributed by atoms with Gasteiger partial charge in [0.05, 0.1) is 25.5 Å². The van der Waals surface area contributed by atoms with Crippen molar-refractivity contribution in [3.05, 3.63) is 89.0 Å². The number of hydrogen-bond donors (Lipinski definition) is 2. The molecule has 0 aliphatic rings. The summed E-state index contributed by atoms with van der Waals surface area (Å²) in [5, 5.41) is 13.0. The molecular formula is C25H24N2O6. The molecule has 3 aromatic rings. The Kier molecular flexibility index (Phi) is 8.02. The Labute approximate surface area is 191 Å².